The molecule has 0 saturated heterocycles. The van der Waals surface area contributed by atoms with Crippen molar-refractivity contribution in [1.29, 1.82) is 0 Å². The number of nitrogens with zero attached hydrogens (tertiary/aromatic N) is 2. The summed E-state index contributed by atoms with van der Waals surface area (Å²) in [4.78, 5) is 18.3. The number of rotatable bonds is 4. The number of benzene rings is 2. The summed E-state index contributed by atoms with van der Waals surface area (Å²) in [6, 6.07) is 6.01. The van der Waals surface area contributed by atoms with Gasteiger partial charge in [-0.15, -0.1) is 0 Å². The fourth-order valence-electron chi connectivity index (χ4n) is 1.97. The van der Waals surface area contributed by atoms with Gasteiger partial charge < -0.3 is 10.7 Å². The molecule has 0 fully saturated rings. The van der Waals surface area contributed by atoms with Crippen LogP contribution in [-0.2, 0) is 9.84 Å². The molecule has 27 heavy (non-hydrogen) atoms. The van der Waals surface area contributed by atoms with Gasteiger partial charge in [0.05, 0.1) is 34.4 Å². The Labute approximate surface area is 165 Å². The molecule has 0 unspecified atom stereocenters. The molecule has 2 amide bonds. The van der Waals surface area contributed by atoms with Crippen LogP contribution in [0.15, 0.2) is 35.2 Å². The number of sulfone groups is 1. The van der Waals surface area contributed by atoms with Gasteiger partial charge in [0.15, 0.2) is 15.5 Å². The molecule has 0 saturated carbocycles. The SMILES string of the molecule is [C-]#[N+]c1cc(S(C)(=O)=O)cc(NNC(=O)Nc2ccc(Cl)cc2Cl)c1[N+]#[C-]. The van der Waals surface area contributed by atoms with E-state index in [-0.39, 0.29) is 32.7 Å². The topological polar surface area (TPSA) is 96.0 Å². The second-order valence-electron chi connectivity index (χ2n) is 5.16. The van der Waals surface area contributed by atoms with Crippen molar-refractivity contribution in [2.45, 2.75) is 4.90 Å². The fraction of sp³-hybridized carbons (Fsp3) is 0.0625. The van der Waals surface area contributed by atoms with Crippen molar-refractivity contribution in [1.82, 2.24) is 5.43 Å². The molecule has 0 heterocycles. The lowest BCUT2D eigenvalue weighted by atomic mass is 10.2. The zero-order chi connectivity index (χ0) is 20.2. The average Bonchev–Trinajstić information content (AvgIpc) is 2.60. The minimum atomic E-state index is -3.62. The number of hydrogen-bond acceptors (Lipinski definition) is 4. The third kappa shape index (κ3) is 5.02. The monoisotopic (exact) mass is 423 g/mol. The van der Waals surface area contributed by atoms with Crippen LogP contribution in [0, 0.1) is 13.1 Å². The molecule has 2 rings (SSSR count). The average molecular weight is 424 g/mol. The molecule has 2 aromatic carbocycles. The first-order chi connectivity index (χ1) is 12.7. The predicted molar refractivity (Wildman–Crippen MR) is 104 cm³/mol. The Bertz CT molecular complexity index is 1100. The molecule has 0 spiro atoms. The van der Waals surface area contributed by atoms with Crippen LogP contribution in [-0.4, -0.2) is 20.7 Å². The molecule has 138 valence electrons. The summed E-state index contributed by atoms with van der Waals surface area (Å²) in [6.07, 6.45) is 0.972. The van der Waals surface area contributed by atoms with Gasteiger partial charge in [0.1, 0.15) is 0 Å². The summed E-state index contributed by atoms with van der Waals surface area (Å²) >= 11 is 11.7. The van der Waals surface area contributed by atoms with E-state index in [9.17, 15) is 13.2 Å². The zero-order valence-electron chi connectivity index (χ0n) is 13.7. The van der Waals surface area contributed by atoms with Gasteiger partial charge in [-0.1, -0.05) is 23.2 Å². The van der Waals surface area contributed by atoms with E-state index in [4.69, 9.17) is 36.3 Å². The number of amides is 2. The molecule has 0 aliphatic carbocycles. The van der Waals surface area contributed by atoms with Crippen LogP contribution in [0.3, 0.4) is 0 Å². The molecule has 2 aromatic rings. The van der Waals surface area contributed by atoms with Gasteiger partial charge in [-0.2, -0.15) is 0 Å². The molecule has 0 radical (unpaired) electrons. The largest absolute Gasteiger partial charge is 0.337 e. The first-order valence-electron chi connectivity index (χ1n) is 7.06. The van der Waals surface area contributed by atoms with E-state index in [0.29, 0.717) is 5.02 Å². The highest BCUT2D eigenvalue weighted by Gasteiger charge is 2.17. The normalized spacial score (nSPS) is 10.4. The Morgan fingerprint density at radius 2 is 1.78 bits per heavy atom. The van der Waals surface area contributed by atoms with Gasteiger partial charge in [0.25, 0.3) is 0 Å². The lowest BCUT2D eigenvalue weighted by Gasteiger charge is -2.14. The quantitative estimate of drug-likeness (QED) is 0.492. The van der Waals surface area contributed by atoms with Crippen molar-refractivity contribution in [2.75, 3.05) is 17.0 Å². The van der Waals surface area contributed by atoms with Gasteiger partial charge in [-0.25, -0.2) is 22.9 Å². The number of hydrogen-bond donors (Lipinski definition) is 3. The Kier molecular flexibility index (Phi) is 6.13. The van der Waals surface area contributed by atoms with Crippen molar-refractivity contribution >= 4 is 61.8 Å². The first-order valence-corrected chi connectivity index (χ1v) is 9.71. The Hall–Kier alpha value is -2.98. The van der Waals surface area contributed by atoms with Crippen molar-refractivity contribution in [3.63, 3.8) is 0 Å². The molecule has 0 aliphatic heterocycles. The van der Waals surface area contributed by atoms with E-state index in [0.717, 1.165) is 18.4 Å². The molecule has 0 atom stereocenters. The fourth-order valence-corrected chi connectivity index (χ4v) is 3.09. The van der Waals surface area contributed by atoms with Gasteiger partial charge in [-0.05, 0) is 30.3 Å². The van der Waals surface area contributed by atoms with Gasteiger partial charge >= 0.3 is 6.03 Å². The summed E-state index contributed by atoms with van der Waals surface area (Å²) in [7, 11) is -3.62. The van der Waals surface area contributed by atoms with Crippen LogP contribution < -0.4 is 16.2 Å². The first kappa shape index (κ1) is 20.3. The van der Waals surface area contributed by atoms with Crippen molar-refractivity contribution in [3.05, 3.63) is 63.2 Å². The highest BCUT2D eigenvalue weighted by Crippen LogP contribution is 2.38. The van der Waals surface area contributed by atoms with E-state index < -0.39 is 15.9 Å². The van der Waals surface area contributed by atoms with E-state index in [1.54, 1.807) is 0 Å². The molecular formula is C16H11Cl2N5O3S. The number of carbonyl (C=O) groups is 1. The summed E-state index contributed by atoms with van der Waals surface area (Å²) in [6.45, 7) is 14.3. The molecule has 0 bridgehead atoms. The van der Waals surface area contributed by atoms with E-state index in [1.807, 2.05) is 0 Å². The highest BCUT2D eigenvalue weighted by atomic mass is 35.5. The molecular weight excluding hydrogens is 413 g/mol. The van der Waals surface area contributed by atoms with Crippen LogP contribution in [0.5, 0.6) is 0 Å². The van der Waals surface area contributed by atoms with Crippen LogP contribution in [0.1, 0.15) is 0 Å². The number of anilines is 2. The lowest BCUT2D eigenvalue weighted by molar-refractivity contribution is 0.254. The summed E-state index contributed by atoms with van der Waals surface area (Å²) < 4.78 is 23.5. The molecule has 0 aromatic heterocycles. The van der Waals surface area contributed by atoms with Crippen molar-refractivity contribution < 1.29 is 13.2 Å². The zero-order valence-corrected chi connectivity index (χ0v) is 16.0. The van der Waals surface area contributed by atoms with Gasteiger partial charge in [0, 0.05) is 11.3 Å². The number of halogens is 2. The summed E-state index contributed by atoms with van der Waals surface area (Å²) in [5.74, 6) is 0. The summed E-state index contributed by atoms with van der Waals surface area (Å²) in [5, 5.41) is 3.07. The van der Waals surface area contributed by atoms with Gasteiger partial charge in [0.2, 0.25) is 5.69 Å². The standard InChI is InChI=1S/C16H11Cl2N5O3S/c1-19-13-7-10(27(3,25)26)8-14(15(13)20-2)22-23-16(24)21-12-5-4-9(17)6-11(12)18/h4-8,22H,3H3,(H2,21,23,24). The second-order valence-corrected chi connectivity index (χ2v) is 8.02. The third-order valence-corrected chi connectivity index (χ3v) is 4.85. The van der Waals surface area contributed by atoms with Crippen LogP contribution in [0.2, 0.25) is 10.0 Å². The maximum atomic E-state index is 12.0. The van der Waals surface area contributed by atoms with Crippen LogP contribution >= 0.6 is 23.2 Å². The second kappa shape index (κ2) is 8.14. The highest BCUT2D eigenvalue weighted by molar-refractivity contribution is 7.90. The Morgan fingerprint density at radius 3 is 2.33 bits per heavy atom. The lowest BCUT2D eigenvalue weighted by Crippen LogP contribution is -2.33. The third-order valence-electron chi connectivity index (χ3n) is 3.21. The Balaban J connectivity index is 2.25. The van der Waals surface area contributed by atoms with E-state index >= 15 is 0 Å². The summed E-state index contributed by atoms with van der Waals surface area (Å²) in [5.41, 5.74) is 4.69. The number of hydrazine groups is 1. The smallest absolute Gasteiger partial charge is 0.309 e. The predicted octanol–water partition coefficient (Wildman–Crippen LogP) is 4.65. The maximum absolute atomic E-state index is 12.0. The van der Waals surface area contributed by atoms with Crippen molar-refractivity contribution in [2.24, 2.45) is 0 Å². The van der Waals surface area contributed by atoms with E-state index in [1.165, 1.54) is 18.2 Å². The molecule has 3 N–H and O–H groups in total. The molecule has 0 aliphatic rings. The Morgan fingerprint density at radius 1 is 1.07 bits per heavy atom. The number of nitrogens with one attached hydrogen (secondary N) is 3. The minimum absolute atomic E-state index is 0.0312. The number of urea groups is 1. The molecule has 8 nitrogen and oxygen atoms in total. The van der Waals surface area contributed by atoms with Crippen molar-refractivity contribution in [3.8, 4) is 0 Å². The minimum Gasteiger partial charge on any atom is -0.309 e. The molecule has 11 heteroatoms. The van der Waals surface area contributed by atoms with E-state index in [2.05, 4.69) is 25.9 Å². The van der Waals surface area contributed by atoms with Crippen LogP contribution in [0.4, 0.5) is 27.5 Å². The van der Waals surface area contributed by atoms with Gasteiger partial charge in [-0.3, -0.25) is 5.43 Å². The van der Waals surface area contributed by atoms with Crippen LogP contribution in [0.25, 0.3) is 9.69 Å². The maximum Gasteiger partial charge on any atom is 0.337 e. The number of carbonyl (C=O) groups excluding carboxylic acids is 1.